The van der Waals surface area contributed by atoms with E-state index in [1.807, 2.05) is 31.1 Å². The van der Waals surface area contributed by atoms with E-state index in [4.69, 9.17) is 11.6 Å². The summed E-state index contributed by atoms with van der Waals surface area (Å²) in [5.41, 5.74) is 1.97. The first kappa shape index (κ1) is 19.1. The van der Waals surface area contributed by atoms with Gasteiger partial charge >= 0.3 is 0 Å². The SMILES string of the molecule is CN(C)c1ccc(NC(=O)CN(c2ccc(Cl)cc2)S(C)(=O)=O)cc1. The van der Waals surface area contributed by atoms with Gasteiger partial charge in [-0.05, 0) is 48.5 Å². The molecule has 134 valence electrons. The lowest BCUT2D eigenvalue weighted by Gasteiger charge is -2.22. The fourth-order valence-corrected chi connectivity index (χ4v) is 3.16. The minimum absolute atomic E-state index is 0.324. The second kappa shape index (κ2) is 7.76. The molecule has 0 atom stereocenters. The lowest BCUT2D eigenvalue weighted by molar-refractivity contribution is -0.114. The van der Waals surface area contributed by atoms with Crippen LogP contribution in [0.1, 0.15) is 0 Å². The average Bonchev–Trinajstić information content (AvgIpc) is 2.53. The number of nitrogens with zero attached hydrogens (tertiary/aromatic N) is 2. The molecule has 6 nitrogen and oxygen atoms in total. The Bertz CT molecular complexity index is 834. The molecule has 1 N–H and O–H groups in total. The lowest BCUT2D eigenvalue weighted by atomic mass is 10.2. The van der Waals surface area contributed by atoms with Crippen molar-refractivity contribution in [1.82, 2.24) is 0 Å². The Balaban J connectivity index is 2.13. The third-order valence-corrected chi connectivity index (χ3v) is 4.86. The molecule has 0 aliphatic rings. The Morgan fingerprint density at radius 2 is 1.52 bits per heavy atom. The summed E-state index contributed by atoms with van der Waals surface area (Å²) >= 11 is 5.83. The molecule has 0 unspecified atom stereocenters. The number of benzene rings is 2. The number of anilines is 3. The molecule has 2 rings (SSSR count). The summed E-state index contributed by atoms with van der Waals surface area (Å²) in [6.07, 6.45) is 1.06. The number of sulfonamides is 1. The molecule has 0 aliphatic carbocycles. The van der Waals surface area contributed by atoms with Crippen LogP contribution in [-0.2, 0) is 14.8 Å². The van der Waals surface area contributed by atoms with E-state index < -0.39 is 15.9 Å². The van der Waals surface area contributed by atoms with E-state index in [1.54, 1.807) is 36.4 Å². The number of hydrogen-bond donors (Lipinski definition) is 1. The highest BCUT2D eigenvalue weighted by atomic mass is 35.5. The van der Waals surface area contributed by atoms with Crippen LogP contribution in [0, 0.1) is 0 Å². The monoisotopic (exact) mass is 381 g/mol. The second-order valence-corrected chi connectivity index (χ2v) is 8.08. The molecule has 2 aromatic rings. The molecule has 2 aromatic carbocycles. The largest absolute Gasteiger partial charge is 0.378 e. The normalized spacial score (nSPS) is 11.0. The first-order valence-corrected chi connectivity index (χ1v) is 9.70. The molecule has 0 aliphatic heterocycles. The van der Waals surface area contributed by atoms with Crippen LogP contribution in [0.15, 0.2) is 48.5 Å². The number of rotatable bonds is 6. The molecular formula is C17H20ClN3O3S. The van der Waals surface area contributed by atoms with Crippen molar-refractivity contribution in [1.29, 1.82) is 0 Å². The zero-order valence-electron chi connectivity index (χ0n) is 14.2. The first-order chi connectivity index (χ1) is 11.7. The molecule has 0 aromatic heterocycles. The number of carbonyl (C=O) groups excluding carboxylic acids is 1. The van der Waals surface area contributed by atoms with E-state index in [9.17, 15) is 13.2 Å². The third kappa shape index (κ3) is 5.37. The van der Waals surface area contributed by atoms with Gasteiger partial charge in [-0.1, -0.05) is 11.6 Å². The maximum atomic E-state index is 12.3. The summed E-state index contributed by atoms with van der Waals surface area (Å²) < 4.78 is 25.1. The number of nitrogens with one attached hydrogen (secondary N) is 1. The number of halogens is 1. The zero-order valence-corrected chi connectivity index (χ0v) is 15.8. The summed E-state index contributed by atoms with van der Waals surface area (Å²) in [4.78, 5) is 14.2. The Hall–Kier alpha value is -2.25. The molecule has 8 heteroatoms. The van der Waals surface area contributed by atoms with Crippen LogP contribution in [0.2, 0.25) is 5.02 Å². The van der Waals surface area contributed by atoms with E-state index in [1.165, 1.54) is 0 Å². The summed E-state index contributed by atoms with van der Waals surface area (Å²) in [5.74, 6) is -0.432. The topological polar surface area (TPSA) is 69.7 Å². The van der Waals surface area contributed by atoms with Gasteiger partial charge in [0.1, 0.15) is 6.54 Å². The van der Waals surface area contributed by atoms with Crippen molar-refractivity contribution in [2.24, 2.45) is 0 Å². The molecule has 1 amide bonds. The average molecular weight is 382 g/mol. The fourth-order valence-electron chi connectivity index (χ4n) is 2.18. The van der Waals surface area contributed by atoms with E-state index in [0.717, 1.165) is 16.2 Å². The van der Waals surface area contributed by atoms with Gasteiger partial charge in [0.15, 0.2) is 0 Å². The zero-order chi connectivity index (χ0) is 18.6. The molecule has 0 radical (unpaired) electrons. The van der Waals surface area contributed by atoms with Crippen LogP contribution in [0.5, 0.6) is 0 Å². The van der Waals surface area contributed by atoms with Crippen LogP contribution in [-0.4, -0.2) is 41.2 Å². The molecule has 0 saturated carbocycles. The van der Waals surface area contributed by atoms with Crippen molar-refractivity contribution in [2.45, 2.75) is 0 Å². The predicted molar refractivity (Wildman–Crippen MR) is 103 cm³/mol. The van der Waals surface area contributed by atoms with Crippen molar-refractivity contribution < 1.29 is 13.2 Å². The Labute approximate surface area is 153 Å². The number of amides is 1. The molecule has 25 heavy (non-hydrogen) atoms. The van der Waals surface area contributed by atoms with Crippen LogP contribution in [0.4, 0.5) is 17.1 Å². The lowest BCUT2D eigenvalue weighted by Crippen LogP contribution is -2.37. The quantitative estimate of drug-likeness (QED) is 0.835. The minimum atomic E-state index is -3.61. The molecule has 0 saturated heterocycles. The maximum absolute atomic E-state index is 12.3. The minimum Gasteiger partial charge on any atom is -0.378 e. The summed E-state index contributed by atoms with van der Waals surface area (Å²) in [6.45, 7) is -0.324. The van der Waals surface area contributed by atoms with Crippen molar-refractivity contribution in [3.63, 3.8) is 0 Å². The third-order valence-electron chi connectivity index (χ3n) is 3.47. The molecule has 0 heterocycles. The summed E-state index contributed by atoms with van der Waals surface area (Å²) in [6, 6.07) is 13.5. The van der Waals surface area contributed by atoms with Gasteiger partial charge in [0, 0.05) is 30.5 Å². The van der Waals surface area contributed by atoms with Crippen LogP contribution in [0.3, 0.4) is 0 Å². The number of hydrogen-bond acceptors (Lipinski definition) is 4. The Morgan fingerprint density at radius 3 is 2.00 bits per heavy atom. The highest BCUT2D eigenvalue weighted by Crippen LogP contribution is 2.21. The molecule has 0 spiro atoms. The van der Waals surface area contributed by atoms with Crippen molar-refractivity contribution in [3.8, 4) is 0 Å². The van der Waals surface area contributed by atoms with Gasteiger partial charge in [-0.25, -0.2) is 8.42 Å². The van der Waals surface area contributed by atoms with Gasteiger partial charge in [0.2, 0.25) is 15.9 Å². The van der Waals surface area contributed by atoms with Gasteiger partial charge in [0.25, 0.3) is 0 Å². The van der Waals surface area contributed by atoms with Crippen LogP contribution >= 0.6 is 11.6 Å². The van der Waals surface area contributed by atoms with Crippen molar-refractivity contribution in [3.05, 3.63) is 53.6 Å². The highest BCUT2D eigenvalue weighted by Gasteiger charge is 2.20. The van der Waals surface area contributed by atoms with E-state index in [2.05, 4.69) is 5.32 Å². The smallest absolute Gasteiger partial charge is 0.245 e. The van der Waals surface area contributed by atoms with Gasteiger partial charge < -0.3 is 10.2 Å². The second-order valence-electron chi connectivity index (χ2n) is 5.74. The fraction of sp³-hybridized carbons (Fsp3) is 0.235. The molecular weight excluding hydrogens is 362 g/mol. The maximum Gasteiger partial charge on any atom is 0.245 e. The van der Waals surface area contributed by atoms with Gasteiger partial charge in [-0.3, -0.25) is 9.10 Å². The van der Waals surface area contributed by atoms with E-state index in [-0.39, 0.29) is 6.54 Å². The summed E-state index contributed by atoms with van der Waals surface area (Å²) in [7, 11) is 0.227. The summed E-state index contributed by atoms with van der Waals surface area (Å²) in [5, 5.41) is 3.19. The Kier molecular flexibility index (Phi) is 5.92. The van der Waals surface area contributed by atoms with Crippen molar-refractivity contribution >= 4 is 44.6 Å². The van der Waals surface area contributed by atoms with Crippen LogP contribution in [0.25, 0.3) is 0 Å². The number of carbonyl (C=O) groups is 1. The van der Waals surface area contributed by atoms with Gasteiger partial charge in [0.05, 0.1) is 11.9 Å². The van der Waals surface area contributed by atoms with Gasteiger partial charge in [-0.2, -0.15) is 0 Å². The van der Waals surface area contributed by atoms with Gasteiger partial charge in [-0.15, -0.1) is 0 Å². The molecule has 0 bridgehead atoms. The van der Waals surface area contributed by atoms with Crippen LogP contribution < -0.4 is 14.5 Å². The van der Waals surface area contributed by atoms with E-state index >= 15 is 0 Å². The predicted octanol–water partition coefficient (Wildman–Crippen LogP) is 2.81. The van der Waals surface area contributed by atoms with Crippen molar-refractivity contribution in [2.75, 3.05) is 41.4 Å². The van der Waals surface area contributed by atoms with E-state index in [0.29, 0.717) is 16.4 Å². The molecule has 0 fully saturated rings. The first-order valence-electron chi connectivity index (χ1n) is 7.47. The Morgan fingerprint density at radius 1 is 1.00 bits per heavy atom. The highest BCUT2D eigenvalue weighted by molar-refractivity contribution is 7.92. The standard InChI is InChI=1S/C17H20ClN3O3S/c1-20(2)15-10-6-14(7-11-15)19-17(22)12-21(25(3,23)24)16-8-4-13(18)5-9-16/h4-11H,12H2,1-3H3,(H,19,22).